The average Bonchev–Trinajstić information content (AvgIpc) is 4.01. The molecule has 0 spiro atoms. The summed E-state index contributed by atoms with van der Waals surface area (Å²) in [6.07, 6.45) is -0.869. The summed E-state index contributed by atoms with van der Waals surface area (Å²) in [6.45, 7) is 16.8. The van der Waals surface area contributed by atoms with Gasteiger partial charge in [0.05, 0.1) is 46.5 Å². The summed E-state index contributed by atoms with van der Waals surface area (Å²) in [5, 5.41) is 29.9. The van der Waals surface area contributed by atoms with Gasteiger partial charge in [-0.2, -0.15) is 0 Å². The summed E-state index contributed by atoms with van der Waals surface area (Å²) in [5.74, 6) is -0.489. The van der Waals surface area contributed by atoms with E-state index in [1.165, 1.54) is 4.90 Å². The minimum absolute atomic E-state index is 0.0243. The van der Waals surface area contributed by atoms with Crippen LogP contribution in [0, 0.1) is 33.1 Å². The van der Waals surface area contributed by atoms with Crippen LogP contribution in [0.1, 0.15) is 98.0 Å². The Morgan fingerprint density at radius 2 is 1.65 bits per heavy atom. The first-order valence-corrected chi connectivity index (χ1v) is 23.6. The lowest BCUT2D eigenvalue weighted by Crippen LogP contribution is -2.58. The largest absolute Gasteiger partial charge is 0.391 e. The first kappa shape index (κ1) is 47.6. The quantitative estimate of drug-likeness (QED) is 0.0984. The van der Waals surface area contributed by atoms with Crippen molar-refractivity contribution in [1.82, 2.24) is 40.6 Å². The molecule has 1 saturated heterocycles. The molecular formula is C47H56ClN9O6S2. The molecule has 65 heavy (non-hydrogen) atoms. The lowest BCUT2D eigenvalue weighted by atomic mass is 9.85. The molecule has 7 rings (SSSR count). The van der Waals surface area contributed by atoms with Crippen molar-refractivity contribution in [2.24, 2.45) is 10.4 Å². The lowest BCUT2D eigenvalue weighted by Gasteiger charge is -2.35. The number of β-amino-alcohol motifs (C(OH)–C–C–N with tert-alkyl or cyclic N) is 1. The van der Waals surface area contributed by atoms with Crippen LogP contribution in [-0.2, 0) is 30.5 Å². The fourth-order valence-electron chi connectivity index (χ4n) is 8.15. The maximum Gasteiger partial charge on any atom is 0.246 e. The third kappa shape index (κ3) is 10.7. The van der Waals surface area contributed by atoms with Gasteiger partial charge < -0.3 is 30.7 Å². The molecule has 4 atom stereocenters. The molecule has 2 aromatic carbocycles. The number of hydrogen-bond acceptors (Lipinski definition) is 12. The number of carbonyl (C=O) groups is 4. The maximum atomic E-state index is 14.2. The highest BCUT2D eigenvalue weighted by molar-refractivity contribution is 7.15. The topological polar surface area (TPSA) is 193 Å². The number of halogens is 1. The number of nitrogens with one attached hydrogen (secondary N) is 3. The molecule has 5 aromatic rings. The number of amides is 4. The number of likely N-dealkylation sites (tertiary alicyclic amines) is 1. The van der Waals surface area contributed by atoms with E-state index < -0.39 is 59.5 Å². The van der Waals surface area contributed by atoms with Gasteiger partial charge in [0.15, 0.2) is 5.82 Å². The molecule has 4 N–H and O–H groups in total. The number of aromatic nitrogens is 4. The molecule has 18 heteroatoms. The number of aliphatic imine (C=N–C) groups is 1. The van der Waals surface area contributed by atoms with E-state index in [0.29, 0.717) is 16.7 Å². The van der Waals surface area contributed by atoms with Crippen molar-refractivity contribution in [3.8, 4) is 15.4 Å². The number of ether oxygens (including phenoxy) is 1. The van der Waals surface area contributed by atoms with Gasteiger partial charge in [0.25, 0.3) is 0 Å². The summed E-state index contributed by atoms with van der Waals surface area (Å²) in [4.78, 5) is 68.0. The van der Waals surface area contributed by atoms with Crippen molar-refractivity contribution in [3.05, 3.63) is 104 Å². The van der Waals surface area contributed by atoms with Gasteiger partial charge in [0.1, 0.15) is 35.6 Å². The highest BCUT2D eigenvalue weighted by atomic mass is 35.5. The van der Waals surface area contributed by atoms with E-state index in [2.05, 4.69) is 45.0 Å². The molecule has 0 aliphatic carbocycles. The fourth-order valence-corrected chi connectivity index (χ4v) is 10.3. The molecule has 344 valence electrons. The van der Waals surface area contributed by atoms with Crippen LogP contribution in [0.15, 0.2) is 59.0 Å². The van der Waals surface area contributed by atoms with Crippen molar-refractivity contribution in [1.29, 1.82) is 0 Å². The van der Waals surface area contributed by atoms with Crippen molar-refractivity contribution < 1.29 is 29.0 Å². The Morgan fingerprint density at radius 1 is 0.954 bits per heavy atom. The highest BCUT2D eigenvalue weighted by Gasteiger charge is 2.44. The predicted molar refractivity (Wildman–Crippen MR) is 253 cm³/mol. The van der Waals surface area contributed by atoms with E-state index >= 15 is 0 Å². The van der Waals surface area contributed by atoms with E-state index in [9.17, 15) is 24.3 Å². The van der Waals surface area contributed by atoms with E-state index in [1.54, 1.807) is 36.5 Å². The number of rotatable bonds is 14. The smallest absolute Gasteiger partial charge is 0.246 e. The van der Waals surface area contributed by atoms with Gasteiger partial charge in [-0.25, -0.2) is 4.98 Å². The second kappa shape index (κ2) is 19.3. The number of thiazole rings is 1. The number of benzene rings is 2. The number of aryl methyl sites for hydroxylation is 3. The summed E-state index contributed by atoms with van der Waals surface area (Å²) in [7, 11) is 0. The molecule has 5 heterocycles. The Bertz CT molecular complexity index is 2610. The molecule has 0 saturated carbocycles. The molecular weight excluding hydrogens is 886 g/mol. The number of thiophene rings is 1. The number of nitrogens with zero attached hydrogens (tertiary/aromatic N) is 6. The van der Waals surface area contributed by atoms with Gasteiger partial charge in [-0.3, -0.25) is 28.7 Å². The van der Waals surface area contributed by atoms with Crippen molar-refractivity contribution in [2.75, 3.05) is 19.8 Å². The Kier molecular flexibility index (Phi) is 14.1. The van der Waals surface area contributed by atoms with E-state index in [1.807, 2.05) is 93.2 Å². The van der Waals surface area contributed by atoms with Gasteiger partial charge >= 0.3 is 0 Å². The molecule has 0 radical (unpaired) electrons. The summed E-state index contributed by atoms with van der Waals surface area (Å²) >= 11 is 9.45. The van der Waals surface area contributed by atoms with Crippen LogP contribution in [0.5, 0.6) is 0 Å². The number of carbonyl (C=O) groups excluding carboxylic acids is 4. The minimum Gasteiger partial charge on any atom is -0.391 e. The van der Waals surface area contributed by atoms with Crippen LogP contribution in [0.4, 0.5) is 0 Å². The van der Waals surface area contributed by atoms with Gasteiger partial charge in [-0.15, -0.1) is 32.9 Å². The van der Waals surface area contributed by atoms with Crippen LogP contribution >= 0.6 is 34.3 Å². The van der Waals surface area contributed by atoms with E-state index in [0.717, 1.165) is 54.0 Å². The first-order chi connectivity index (χ1) is 30.7. The van der Waals surface area contributed by atoms with Crippen molar-refractivity contribution in [2.45, 2.75) is 111 Å². The second-order valence-corrected chi connectivity index (χ2v) is 21.0. The van der Waals surface area contributed by atoms with Gasteiger partial charge in [0.2, 0.25) is 23.6 Å². The zero-order chi connectivity index (χ0) is 47.0. The molecule has 0 bridgehead atoms. The molecule has 3 aromatic heterocycles. The summed E-state index contributed by atoms with van der Waals surface area (Å²) in [5.41, 5.74) is 6.66. The summed E-state index contributed by atoms with van der Waals surface area (Å²) in [6, 6.07) is 12.7. The van der Waals surface area contributed by atoms with Gasteiger partial charge in [0, 0.05) is 40.5 Å². The maximum absolute atomic E-state index is 14.2. The Balaban J connectivity index is 0.955. The number of aliphatic hydroxyl groups is 1. The molecule has 1 fully saturated rings. The number of hydrogen-bond donors (Lipinski definition) is 4. The Morgan fingerprint density at radius 3 is 2.31 bits per heavy atom. The van der Waals surface area contributed by atoms with Crippen LogP contribution in [0.3, 0.4) is 0 Å². The standard InChI is InChI=1S/C47H56ClN9O6S2/c1-25-27(3)65-45-38(25)39(30-14-16-32(48)17-15-30)51-34(42-55-54-28(4)57(42)45)19-36(59)53-47(8,9)23-63-22-37(60)52-41(46(5,6)7)44(62)56-21-33(58)18-35(56)43(61)49-20-29-10-12-31(13-11-29)40-26(2)50-24-64-40/h10-17,24,33-35,41,58H,18-23H2,1-9H3,(H,49,61)(H,52,60)(H,53,59)/t33-,34-,35-,41+/m0/s1. The van der Waals surface area contributed by atoms with Gasteiger partial charge in [-0.1, -0.05) is 68.8 Å². The van der Waals surface area contributed by atoms with E-state index in [4.69, 9.17) is 21.3 Å². The monoisotopic (exact) mass is 941 g/mol. The SMILES string of the molecule is Cc1ncsc1-c1ccc(CNC(=O)[C@@H]2C[C@H](O)CN2C(=O)[C@@H](NC(=O)COCC(C)(C)NC(=O)C[C@@H]2N=C(c3ccc(Cl)cc3)c3c(sc(C)c3C)-n3c(C)nnc32)C(C)(C)C)cc1. The van der Waals surface area contributed by atoms with Crippen LogP contribution in [0.2, 0.25) is 5.02 Å². The van der Waals surface area contributed by atoms with Crippen molar-refractivity contribution >= 4 is 63.6 Å². The molecule has 2 aliphatic rings. The molecule has 4 amide bonds. The zero-order valence-corrected chi connectivity index (χ0v) is 40.5. The molecule has 15 nitrogen and oxygen atoms in total. The third-order valence-corrected chi connectivity index (χ3v) is 14.0. The highest BCUT2D eigenvalue weighted by Crippen LogP contribution is 2.40. The molecule has 2 aliphatic heterocycles. The minimum atomic E-state index is -1.03. The number of aliphatic hydroxyl groups excluding tert-OH is 1. The third-order valence-electron chi connectivity index (χ3n) is 11.6. The average molecular weight is 943 g/mol. The van der Waals surface area contributed by atoms with Gasteiger partial charge in [-0.05, 0) is 75.8 Å². The fraction of sp³-hybridized carbons (Fsp3) is 0.447. The first-order valence-electron chi connectivity index (χ1n) is 21.5. The van der Waals surface area contributed by atoms with E-state index in [-0.39, 0.29) is 38.4 Å². The van der Waals surface area contributed by atoms with Crippen LogP contribution in [0.25, 0.3) is 15.4 Å². The summed E-state index contributed by atoms with van der Waals surface area (Å²) < 4.78 is 7.84. The number of fused-ring (bicyclic) bond motifs is 3. The second-order valence-electron chi connectivity index (χ2n) is 18.5. The van der Waals surface area contributed by atoms with Crippen LogP contribution in [-0.4, -0.2) is 103 Å². The Labute approximate surface area is 392 Å². The molecule has 0 unspecified atom stereocenters. The van der Waals surface area contributed by atoms with Crippen LogP contribution < -0.4 is 16.0 Å². The van der Waals surface area contributed by atoms with Crippen molar-refractivity contribution in [3.63, 3.8) is 0 Å². The Hall–Kier alpha value is -5.33. The zero-order valence-electron chi connectivity index (χ0n) is 38.1. The normalized spacial score (nSPS) is 17.7. The predicted octanol–water partition coefficient (Wildman–Crippen LogP) is 6.34. The lowest BCUT2D eigenvalue weighted by molar-refractivity contribution is -0.144.